The minimum atomic E-state index is -0.425. The van der Waals surface area contributed by atoms with E-state index < -0.39 is 12.1 Å². The molecule has 2 aromatic carbocycles. The summed E-state index contributed by atoms with van der Waals surface area (Å²) in [6.45, 7) is 0. The molecule has 0 spiro atoms. The third-order valence-corrected chi connectivity index (χ3v) is 3.74. The van der Waals surface area contributed by atoms with Crippen LogP contribution in [0.2, 0.25) is 0 Å². The Morgan fingerprint density at radius 3 is 2.32 bits per heavy atom. The van der Waals surface area contributed by atoms with E-state index in [0.29, 0.717) is 11.4 Å². The van der Waals surface area contributed by atoms with Gasteiger partial charge in [0.1, 0.15) is 5.75 Å². The molecule has 0 bridgehead atoms. The highest BCUT2D eigenvalue weighted by molar-refractivity contribution is 5.91. The number of hydrogen-bond donors (Lipinski definition) is 2. The van der Waals surface area contributed by atoms with Gasteiger partial charge in [0.2, 0.25) is 5.91 Å². The lowest BCUT2D eigenvalue weighted by molar-refractivity contribution is -0.129. The van der Waals surface area contributed by atoms with Gasteiger partial charge in [-0.15, -0.1) is 0 Å². The van der Waals surface area contributed by atoms with Crippen molar-refractivity contribution in [2.75, 3.05) is 26.5 Å². The summed E-state index contributed by atoms with van der Waals surface area (Å²) in [6, 6.07) is 15.7. The Bertz CT molecular complexity index is 717. The van der Waals surface area contributed by atoms with Gasteiger partial charge in [0.25, 0.3) is 0 Å². The Kier molecular flexibility index (Phi) is 6.39. The highest BCUT2D eigenvalue weighted by Crippen LogP contribution is 2.23. The molecule has 25 heavy (non-hydrogen) atoms. The maximum atomic E-state index is 12.4. The number of nitrogens with zero attached hydrogens (tertiary/aromatic N) is 1. The molecule has 6 heteroatoms. The molecule has 0 aliphatic heterocycles. The molecular weight excluding hydrogens is 318 g/mol. The monoisotopic (exact) mass is 341 g/mol. The fourth-order valence-electron chi connectivity index (χ4n) is 2.36. The molecular formula is C19H23N3O3. The Labute approximate surface area is 147 Å². The average molecular weight is 341 g/mol. The van der Waals surface area contributed by atoms with Crippen molar-refractivity contribution in [3.8, 4) is 5.75 Å². The number of benzene rings is 2. The third-order valence-electron chi connectivity index (χ3n) is 3.74. The van der Waals surface area contributed by atoms with Gasteiger partial charge in [-0.05, 0) is 17.7 Å². The molecule has 0 aliphatic carbocycles. The van der Waals surface area contributed by atoms with Crippen LogP contribution in [-0.2, 0) is 4.79 Å². The number of ether oxygens (including phenoxy) is 1. The first-order valence-corrected chi connectivity index (χ1v) is 7.97. The second-order valence-electron chi connectivity index (χ2n) is 5.75. The van der Waals surface area contributed by atoms with E-state index in [1.165, 1.54) is 4.90 Å². The first-order valence-electron chi connectivity index (χ1n) is 7.97. The van der Waals surface area contributed by atoms with Crippen LogP contribution in [0.15, 0.2) is 54.6 Å². The highest BCUT2D eigenvalue weighted by atomic mass is 16.5. The lowest BCUT2D eigenvalue weighted by Crippen LogP contribution is -2.36. The van der Waals surface area contributed by atoms with Gasteiger partial charge in [-0.1, -0.05) is 42.5 Å². The van der Waals surface area contributed by atoms with Crippen LogP contribution in [0.1, 0.15) is 18.0 Å². The summed E-state index contributed by atoms with van der Waals surface area (Å²) in [5.41, 5.74) is 1.43. The van der Waals surface area contributed by atoms with Gasteiger partial charge in [-0.2, -0.15) is 0 Å². The topological polar surface area (TPSA) is 70.7 Å². The Balaban J connectivity index is 2.12. The second kappa shape index (κ2) is 8.73. The van der Waals surface area contributed by atoms with Gasteiger partial charge < -0.3 is 20.3 Å². The van der Waals surface area contributed by atoms with Crippen molar-refractivity contribution in [2.24, 2.45) is 0 Å². The summed E-state index contributed by atoms with van der Waals surface area (Å²) < 4.78 is 5.23. The molecule has 0 unspecified atom stereocenters. The van der Waals surface area contributed by atoms with Crippen LogP contribution in [-0.4, -0.2) is 38.0 Å². The number of urea groups is 1. The van der Waals surface area contributed by atoms with E-state index in [1.807, 2.05) is 42.5 Å². The van der Waals surface area contributed by atoms with Crippen molar-refractivity contribution >= 4 is 17.6 Å². The molecule has 0 saturated carbocycles. The van der Waals surface area contributed by atoms with Crippen LogP contribution >= 0.6 is 0 Å². The maximum Gasteiger partial charge on any atom is 0.319 e. The van der Waals surface area contributed by atoms with Crippen molar-refractivity contribution < 1.29 is 14.3 Å². The van der Waals surface area contributed by atoms with Gasteiger partial charge in [0.15, 0.2) is 0 Å². The standard InChI is InChI=1S/C19H23N3O3/c1-22(2)18(23)13-16(14-9-5-4-6-10-14)21-19(24)20-15-11-7-8-12-17(15)25-3/h4-12,16H,13H2,1-3H3,(H2,20,21,24)/t16-/m0/s1. The molecule has 3 amide bonds. The summed E-state index contributed by atoms with van der Waals surface area (Å²) in [5, 5.41) is 5.63. The summed E-state index contributed by atoms with van der Waals surface area (Å²) in [7, 11) is 4.93. The Morgan fingerprint density at radius 1 is 1.04 bits per heavy atom. The zero-order chi connectivity index (χ0) is 18.2. The van der Waals surface area contributed by atoms with Crippen LogP contribution in [0.5, 0.6) is 5.75 Å². The van der Waals surface area contributed by atoms with Crippen LogP contribution < -0.4 is 15.4 Å². The number of hydrogen-bond acceptors (Lipinski definition) is 3. The smallest absolute Gasteiger partial charge is 0.319 e. The lowest BCUT2D eigenvalue weighted by Gasteiger charge is -2.21. The summed E-state index contributed by atoms with van der Waals surface area (Å²) in [6.07, 6.45) is 0.177. The predicted octanol–water partition coefficient (Wildman–Crippen LogP) is 3.04. The van der Waals surface area contributed by atoms with Crippen molar-refractivity contribution in [1.29, 1.82) is 0 Å². The molecule has 2 rings (SSSR count). The molecule has 132 valence electrons. The van der Waals surface area contributed by atoms with Gasteiger partial charge in [-0.3, -0.25) is 4.79 Å². The van der Waals surface area contributed by atoms with E-state index in [2.05, 4.69) is 10.6 Å². The van der Waals surface area contributed by atoms with Gasteiger partial charge in [-0.25, -0.2) is 4.79 Å². The molecule has 1 atom stereocenters. The zero-order valence-electron chi connectivity index (χ0n) is 14.7. The van der Waals surface area contributed by atoms with Crippen LogP contribution in [0.4, 0.5) is 10.5 Å². The van der Waals surface area contributed by atoms with Crippen molar-refractivity contribution in [3.05, 3.63) is 60.2 Å². The second-order valence-corrected chi connectivity index (χ2v) is 5.75. The van der Waals surface area contributed by atoms with E-state index in [0.717, 1.165) is 5.56 Å². The Morgan fingerprint density at radius 2 is 1.68 bits per heavy atom. The predicted molar refractivity (Wildman–Crippen MR) is 97.6 cm³/mol. The molecule has 2 aromatic rings. The van der Waals surface area contributed by atoms with E-state index in [9.17, 15) is 9.59 Å². The lowest BCUT2D eigenvalue weighted by atomic mass is 10.0. The summed E-state index contributed by atoms with van der Waals surface area (Å²) in [4.78, 5) is 26.0. The SMILES string of the molecule is COc1ccccc1NC(=O)N[C@@H](CC(=O)N(C)C)c1ccccc1. The Hall–Kier alpha value is -3.02. The number of para-hydroxylation sites is 2. The maximum absolute atomic E-state index is 12.4. The summed E-state index contributed by atoms with van der Waals surface area (Å²) >= 11 is 0. The number of nitrogens with one attached hydrogen (secondary N) is 2. The largest absolute Gasteiger partial charge is 0.495 e. The first-order chi connectivity index (χ1) is 12.0. The molecule has 0 radical (unpaired) electrons. The normalized spacial score (nSPS) is 11.3. The van der Waals surface area contributed by atoms with E-state index in [4.69, 9.17) is 4.74 Å². The fraction of sp³-hybridized carbons (Fsp3) is 0.263. The summed E-state index contributed by atoms with van der Waals surface area (Å²) in [5.74, 6) is 0.504. The fourth-order valence-corrected chi connectivity index (χ4v) is 2.36. The number of methoxy groups -OCH3 is 1. The van der Waals surface area contributed by atoms with Crippen LogP contribution in [0.3, 0.4) is 0 Å². The van der Waals surface area contributed by atoms with Gasteiger partial charge in [0, 0.05) is 14.1 Å². The molecule has 0 aromatic heterocycles. The number of amides is 3. The van der Waals surface area contributed by atoms with Crippen LogP contribution in [0, 0.1) is 0 Å². The highest BCUT2D eigenvalue weighted by Gasteiger charge is 2.20. The van der Waals surface area contributed by atoms with Gasteiger partial charge in [0.05, 0.1) is 25.3 Å². The van der Waals surface area contributed by atoms with Crippen molar-refractivity contribution in [3.63, 3.8) is 0 Å². The van der Waals surface area contributed by atoms with E-state index in [-0.39, 0.29) is 12.3 Å². The number of carbonyl (C=O) groups excluding carboxylic acids is 2. The minimum absolute atomic E-state index is 0.0635. The number of carbonyl (C=O) groups is 2. The van der Waals surface area contributed by atoms with E-state index >= 15 is 0 Å². The number of rotatable bonds is 6. The van der Waals surface area contributed by atoms with Gasteiger partial charge >= 0.3 is 6.03 Å². The van der Waals surface area contributed by atoms with Crippen LogP contribution in [0.25, 0.3) is 0 Å². The molecule has 2 N–H and O–H groups in total. The zero-order valence-corrected chi connectivity index (χ0v) is 14.7. The minimum Gasteiger partial charge on any atom is -0.495 e. The van der Waals surface area contributed by atoms with E-state index in [1.54, 1.807) is 33.3 Å². The molecule has 0 heterocycles. The quantitative estimate of drug-likeness (QED) is 0.848. The number of anilines is 1. The molecule has 0 saturated heterocycles. The van der Waals surface area contributed by atoms with Crippen molar-refractivity contribution in [2.45, 2.75) is 12.5 Å². The third kappa shape index (κ3) is 5.24. The first kappa shape index (κ1) is 18.3. The molecule has 6 nitrogen and oxygen atoms in total. The van der Waals surface area contributed by atoms with Crippen molar-refractivity contribution in [1.82, 2.24) is 10.2 Å². The molecule has 0 fully saturated rings. The average Bonchev–Trinajstić information content (AvgIpc) is 2.62. The molecule has 0 aliphatic rings.